The Hall–Kier alpha value is -11.0. The van der Waals surface area contributed by atoms with Crippen molar-refractivity contribution in [2.45, 2.75) is 0 Å². The molecule has 4 aromatic heterocycles. The van der Waals surface area contributed by atoms with Crippen LogP contribution in [0.3, 0.4) is 0 Å². The van der Waals surface area contributed by atoms with Crippen molar-refractivity contribution in [3.63, 3.8) is 0 Å². The first-order valence-corrected chi connectivity index (χ1v) is 27.3. The van der Waals surface area contributed by atoms with Crippen LogP contribution in [-0.2, 0) is 0 Å². The molecule has 0 aliphatic carbocycles. The summed E-state index contributed by atoms with van der Waals surface area (Å²) in [6.07, 6.45) is 0. The Balaban J connectivity index is 0.981. The number of hydrogen-bond acceptors (Lipinski definition) is 5. The maximum Gasteiger partial charge on any atom is 0.164 e. The van der Waals surface area contributed by atoms with Gasteiger partial charge in [-0.05, 0) is 111 Å². The van der Waals surface area contributed by atoms with Crippen LogP contribution in [0.4, 0.5) is 0 Å². The Bertz CT molecular complexity index is 4840. The molecule has 12 aromatic carbocycles. The molecule has 0 saturated carbocycles. The van der Waals surface area contributed by atoms with Crippen LogP contribution in [-0.4, -0.2) is 19.5 Å². The topological polar surface area (TPSA) is 69.9 Å². The maximum atomic E-state index is 6.48. The Morgan fingerprint density at radius 1 is 0.222 bits per heavy atom. The smallest absolute Gasteiger partial charge is 0.164 e. The average molecular weight is 1040 g/mol. The Labute approximate surface area is 466 Å². The quantitative estimate of drug-likeness (QED) is 0.144. The van der Waals surface area contributed by atoms with Gasteiger partial charge < -0.3 is 13.4 Å². The second kappa shape index (κ2) is 18.9. The van der Waals surface area contributed by atoms with Gasteiger partial charge in [-0.15, -0.1) is 0 Å². The number of hydrogen-bond donors (Lipinski definition) is 0. The van der Waals surface area contributed by atoms with Gasteiger partial charge in [0.25, 0.3) is 0 Å². The molecule has 0 fully saturated rings. The summed E-state index contributed by atoms with van der Waals surface area (Å²) in [5.74, 6) is 1.56. The molecule has 6 heteroatoms. The fourth-order valence-electron chi connectivity index (χ4n) is 11.9. The molecular weight excluding hydrogens is 989 g/mol. The molecule has 0 spiro atoms. The van der Waals surface area contributed by atoms with Gasteiger partial charge in [-0.3, -0.25) is 0 Å². The molecule has 0 unspecified atom stereocenters. The first kappa shape index (κ1) is 46.2. The van der Waals surface area contributed by atoms with Crippen LogP contribution in [0.5, 0.6) is 0 Å². The van der Waals surface area contributed by atoms with E-state index in [2.05, 4.69) is 247 Å². The van der Waals surface area contributed by atoms with Crippen LogP contribution < -0.4 is 0 Å². The zero-order valence-corrected chi connectivity index (χ0v) is 43.7. The van der Waals surface area contributed by atoms with Crippen LogP contribution in [0.25, 0.3) is 161 Å². The van der Waals surface area contributed by atoms with Crippen molar-refractivity contribution in [2.75, 3.05) is 0 Å². The number of para-hydroxylation sites is 3. The molecule has 16 rings (SSSR count). The Morgan fingerprint density at radius 3 is 1.09 bits per heavy atom. The minimum absolute atomic E-state index is 0.519. The minimum Gasteiger partial charge on any atom is -0.456 e. The summed E-state index contributed by atoms with van der Waals surface area (Å²) >= 11 is 0. The lowest BCUT2D eigenvalue weighted by atomic mass is 9.91. The van der Waals surface area contributed by atoms with Crippen molar-refractivity contribution in [1.82, 2.24) is 19.5 Å². The van der Waals surface area contributed by atoms with Crippen LogP contribution >= 0.6 is 0 Å². The average Bonchev–Trinajstić information content (AvgIpc) is 4.38. The molecular formula is C75H46N4O2. The van der Waals surface area contributed by atoms with Crippen LogP contribution in [0.15, 0.2) is 288 Å². The summed E-state index contributed by atoms with van der Waals surface area (Å²) < 4.78 is 15.4. The summed E-state index contributed by atoms with van der Waals surface area (Å²) in [6.45, 7) is 0. The van der Waals surface area contributed by atoms with Crippen molar-refractivity contribution >= 4 is 65.7 Å². The molecule has 0 radical (unpaired) electrons. The minimum atomic E-state index is 0.519. The fraction of sp³-hybridized carbons (Fsp3) is 0. The van der Waals surface area contributed by atoms with E-state index in [1.165, 1.54) is 16.3 Å². The summed E-state index contributed by atoms with van der Waals surface area (Å²) in [4.78, 5) is 16.2. The predicted molar refractivity (Wildman–Crippen MR) is 332 cm³/mol. The number of aromatic nitrogens is 4. The van der Waals surface area contributed by atoms with Gasteiger partial charge in [-0.1, -0.05) is 212 Å². The molecule has 6 nitrogen and oxygen atoms in total. The fourth-order valence-corrected chi connectivity index (χ4v) is 11.9. The lowest BCUT2D eigenvalue weighted by Gasteiger charge is -2.21. The third-order valence-electron chi connectivity index (χ3n) is 15.9. The highest BCUT2D eigenvalue weighted by Crippen LogP contribution is 2.46. The lowest BCUT2D eigenvalue weighted by Crippen LogP contribution is -2.04. The van der Waals surface area contributed by atoms with E-state index >= 15 is 0 Å². The van der Waals surface area contributed by atoms with E-state index in [9.17, 15) is 0 Å². The zero-order valence-electron chi connectivity index (χ0n) is 43.7. The van der Waals surface area contributed by atoms with E-state index in [1.54, 1.807) is 0 Å². The lowest BCUT2D eigenvalue weighted by molar-refractivity contribution is 0.668. The number of rotatable bonds is 9. The Morgan fingerprint density at radius 2 is 0.580 bits per heavy atom. The van der Waals surface area contributed by atoms with Crippen molar-refractivity contribution < 1.29 is 8.83 Å². The third kappa shape index (κ3) is 7.99. The largest absolute Gasteiger partial charge is 0.456 e. The highest BCUT2D eigenvalue weighted by Gasteiger charge is 2.25. The van der Waals surface area contributed by atoms with Crippen molar-refractivity contribution in [2.24, 2.45) is 0 Å². The zero-order chi connectivity index (χ0) is 53.4. The van der Waals surface area contributed by atoms with Gasteiger partial charge in [0.15, 0.2) is 17.5 Å². The molecule has 0 amide bonds. The second-order valence-electron chi connectivity index (χ2n) is 20.7. The molecule has 16 aromatic rings. The van der Waals surface area contributed by atoms with E-state index in [4.69, 9.17) is 23.8 Å². The van der Waals surface area contributed by atoms with Gasteiger partial charge in [-0.25, -0.2) is 15.0 Å². The first-order chi connectivity index (χ1) is 40.1. The first-order valence-electron chi connectivity index (χ1n) is 27.3. The van der Waals surface area contributed by atoms with Crippen molar-refractivity contribution in [3.8, 4) is 95.5 Å². The second-order valence-corrected chi connectivity index (χ2v) is 20.7. The molecule has 4 heterocycles. The van der Waals surface area contributed by atoms with Gasteiger partial charge in [0.2, 0.25) is 0 Å². The van der Waals surface area contributed by atoms with Crippen LogP contribution in [0.2, 0.25) is 0 Å². The maximum absolute atomic E-state index is 6.48. The molecule has 0 atom stereocenters. The summed E-state index contributed by atoms with van der Waals surface area (Å²) in [5, 5.41) is 6.51. The summed E-state index contributed by atoms with van der Waals surface area (Å²) in [6, 6.07) is 98.7. The number of benzene rings is 12. The molecule has 81 heavy (non-hydrogen) atoms. The molecule has 0 bridgehead atoms. The van der Waals surface area contributed by atoms with E-state index in [-0.39, 0.29) is 0 Å². The molecule has 0 aliphatic heterocycles. The monoisotopic (exact) mass is 1030 g/mol. The molecule has 0 aliphatic rings. The number of nitrogens with zero attached hydrogens (tertiary/aromatic N) is 4. The standard InChI is InChI=1S/C75H46N4O2/c1-4-16-47(17-5-1)50-28-32-52(33-29-50)63-43-57(75-77-73(55-36-39-61-59-23-11-14-26-68(59)80-70(61)45-55)76-74(78-75)56-37-40-62-60-24-12-15-27-69(60)81-71(62)46-56)44-64(53-34-30-51(31-35-53)48-18-6-2-7-19-48)72(63)79-66-25-13-10-22-58(66)65-42-54(38-41-67(65)79)49-20-8-3-9-21-49/h1-46H. The predicted octanol–water partition coefficient (Wildman–Crippen LogP) is 20.1. The van der Waals surface area contributed by atoms with Gasteiger partial charge in [0.1, 0.15) is 22.3 Å². The van der Waals surface area contributed by atoms with Gasteiger partial charge in [0, 0.05) is 60.1 Å². The third-order valence-corrected chi connectivity index (χ3v) is 15.9. The normalized spacial score (nSPS) is 11.7. The highest BCUT2D eigenvalue weighted by molar-refractivity contribution is 6.12. The molecule has 0 saturated heterocycles. The van der Waals surface area contributed by atoms with Crippen LogP contribution in [0, 0.1) is 0 Å². The van der Waals surface area contributed by atoms with Crippen LogP contribution in [0.1, 0.15) is 0 Å². The van der Waals surface area contributed by atoms with E-state index in [0.717, 1.165) is 127 Å². The van der Waals surface area contributed by atoms with E-state index in [1.807, 2.05) is 36.4 Å². The van der Waals surface area contributed by atoms with Crippen molar-refractivity contribution in [1.29, 1.82) is 0 Å². The van der Waals surface area contributed by atoms with Gasteiger partial charge >= 0.3 is 0 Å². The van der Waals surface area contributed by atoms with E-state index in [0.29, 0.717) is 17.5 Å². The number of fused-ring (bicyclic) bond motifs is 9. The van der Waals surface area contributed by atoms with Crippen molar-refractivity contribution in [3.05, 3.63) is 279 Å². The Kier molecular flexibility index (Phi) is 10.8. The summed E-state index contributed by atoms with van der Waals surface area (Å²) in [5.41, 5.74) is 19.9. The molecule has 0 N–H and O–H groups in total. The summed E-state index contributed by atoms with van der Waals surface area (Å²) in [7, 11) is 0. The number of furan rings is 2. The SMILES string of the molecule is c1ccc(-c2ccc(-c3cc(-c4nc(-c5ccc6c(c5)oc5ccccc56)nc(-c5ccc6c(c5)oc5ccccc56)n4)cc(-c4ccc(-c5ccccc5)cc4)c3-n3c4ccccc4c4cc(-c5ccccc5)ccc43)cc2)cc1. The highest BCUT2D eigenvalue weighted by atomic mass is 16.3. The van der Waals surface area contributed by atoms with Gasteiger partial charge in [0.05, 0.1) is 16.7 Å². The molecule has 378 valence electrons. The van der Waals surface area contributed by atoms with Gasteiger partial charge in [-0.2, -0.15) is 0 Å². The van der Waals surface area contributed by atoms with E-state index < -0.39 is 0 Å².